The van der Waals surface area contributed by atoms with Crippen molar-refractivity contribution in [2.45, 2.75) is 29.4 Å². The summed E-state index contributed by atoms with van der Waals surface area (Å²) in [5.74, 6) is 1.68. The summed E-state index contributed by atoms with van der Waals surface area (Å²) in [5, 5.41) is 4.17. The first-order valence-electron chi connectivity index (χ1n) is 6.96. The SMILES string of the molecule is CNc1cccc(C2CC2)c1SCc1ccccc1Cl. The first-order valence-corrected chi connectivity index (χ1v) is 8.33. The van der Waals surface area contributed by atoms with Crippen LogP contribution in [0.5, 0.6) is 0 Å². The van der Waals surface area contributed by atoms with Gasteiger partial charge >= 0.3 is 0 Å². The molecule has 0 amide bonds. The molecule has 0 radical (unpaired) electrons. The second kappa shape index (κ2) is 6.11. The van der Waals surface area contributed by atoms with Crippen molar-refractivity contribution in [2.24, 2.45) is 0 Å². The zero-order chi connectivity index (χ0) is 13.9. The summed E-state index contributed by atoms with van der Waals surface area (Å²) in [6, 6.07) is 14.7. The van der Waals surface area contributed by atoms with Gasteiger partial charge in [-0.25, -0.2) is 0 Å². The molecule has 1 fully saturated rings. The van der Waals surface area contributed by atoms with E-state index in [0.717, 1.165) is 16.7 Å². The summed E-state index contributed by atoms with van der Waals surface area (Å²) in [7, 11) is 1.99. The lowest BCUT2D eigenvalue weighted by atomic mass is 10.1. The lowest BCUT2D eigenvalue weighted by molar-refractivity contribution is 1.07. The Morgan fingerprint density at radius 2 is 1.95 bits per heavy atom. The van der Waals surface area contributed by atoms with Crippen molar-refractivity contribution in [3.63, 3.8) is 0 Å². The third kappa shape index (κ3) is 2.97. The molecule has 20 heavy (non-hydrogen) atoms. The monoisotopic (exact) mass is 303 g/mol. The first kappa shape index (κ1) is 13.8. The number of hydrogen-bond acceptors (Lipinski definition) is 2. The third-order valence-corrected chi connectivity index (χ3v) is 5.23. The molecular formula is C17H18ClNS. The van der Waals surface area contributed by atoms with Crippen molar-refractivity contribution < 1.29 is 0 Å². The van der Waals surface area contributed by atoms with Gasteiger partial charge in [-0.2, -0.15) is 0 Å². The van der Waals surface area contributed by atoms with Gasteiger partial charge < -0.3 is 5.32 Å². The van der Waals surface area contributed by atoms with Gasteiger partial charge in [0.25, 0.3) is 0 Å². The highest BCUT2D eigenvalue weighted by molar-refractivity contribution is 7.98. The van der Waals surface area contributed by atoms with Gasteiger partial charge in [-0.1, -0.05) is 41.9 Å². The zero-order valence-corrected chi connectivity index (χ0v) is 13.1. The van der Waals surface area contributed by atoms with Crippen LogP contribution >= 0.6 is 23.4 Å². The minimum atomic E-state index is 0.761. The van der Waals surface area contributed by atoms with Crippen LogP contribution in [-0.2, 0) is 5.75 Å². The maximum absolute atomic E-state index is 6.25. The standard InChI is InChI=1S/C17H18ClNS/c1-19-16-8-4-6-14(12-9-10-12)17(16)20-11-13-5-2-3-7-15(13)18/h2-8,12,19H,9-11H2,1H3. The van der Waals surface area contributed by atoms with Gasteiger partial charge in [-0.3, -0.25) is 0 Å². The fourth-order valence-electron chi connectivity index (χ4n) is 2.39. The van der Waals surface area contributed by atoms with E-state index in [0.29, 0.717) is 0 Å². The fourth-order valence-corrected chi connectivity index (χ4v) is 3.95. The number of nitrogens with one attached hydrogen (secondary N) is 1. The Morgan fingerprint density at radius 3 is 2.65 bits per heavy atom. The topological polar surface area (TPSA) is 12.0 Å². The van der Waals surface area contributed by atoms with Gasteiger partial charge in [0, 0.05) is 28.4 Å². The van der Waals surface area contributed by atoms with Crippen molar-refractivity contribution in [2.75, 3.05) is 12.4 Å². The average molecular weight is 304 g/mol. The normalized spacial score (nSPS) is 14.3. The number of benzene rings is 2. The molecule has 2 aromatic rings. The summed E-state index contributed by atoms with van der Waals surface area (Å²) < 4.78 is 0. The minimum Gasteiger partial charge on any atom is -0.387 e. The van der Waals surface area contributed by atoms with E-state index in [-0.39, 0.29) is 0 Å². The molecule has 0 aliphatic heterocycles. The highest BCUT2D eigenvalue weighted by Crippen LogP contribution is 2.47. The molecule has 0 unspecified atom stereocenters. The van der Waals surface area contributed by atoms with Crippen molar-refractivity contribution in [1.82, 2.24) is 0 Å². The Morgan fingerprint density at radius 1 is 1.15 bits per heavy atom. The van der Waals surface area contributed by atoms with Crippen LogP contribution in [0.15, 0.2) is 47.4 Å². The van der Waals surface area contributed by atoms with Crippen LogP contribution in [0.25, 0.3) is 0 Å². The summed E-state index contributed by atoms with van der Waals surface area (Å²) in [6.45, 7) is 0. The third-order valence-electron chi connectivity index (χ3n) is 3.66. The van der Waals surface area contributed by atoms with Gasteiger partial charge in [0.2, 0.25) is 0 Å². The molecular weight excluding hydrogens is 286 g/mol. The summed E-state index contributed by atoms with van der Waals surface area (Å²) in [5.41, 5.74) is 3.92. The molecule has 3 rings (SSSR count). The average Bonchev–Trinajstić information content (AvgIpc) is 3.30. The number of anilines is 1. The van der Waals surface area contributed by atoms with Gasteiger partial charge in [0.15, 0.2) is 0 Å². The maximum Gasteiger partial charge on any atom is 0.0478 e. The molecule has 104 valence electrons. The van der Waals surface area contributed by atoms with Crippen LogP contribution in [0, 0.1) is 0 Å². The van der Waals surface area contributed by atoms with Gasteiger partial charge in [-0.05, 0) is 42.0 Å². The molecule has 1 aliphatic rings. The largest absolute Gasteiger partial charge is 0.387 e. The Kier molecular flexibility index (Phi) is 4.23. The molecule has 1 aliphatic carbocycles. The fraction of sp³-hybridized carbons (Fsp3) is 0.294. The molecule has 0 atom stereocenters. The van der Waals surface area contributed by atoms with Gasteiger partial charge in [0.05, 0.1) is 0 Å². The summed E-state index contributed by atoms with van der Waals surface area (Å²) in [6.07, 6.45) is 2.65. The van der Waals surface area contributed by atoms with E-state index in [9.17, 15) is 0 Å². The molecule has 0 saturated heterocycles. The van der Waals surface area contributed by atoms with E-state index >= 15 is 0 Å². The van der Waals surface area contributed by atoms with Crippen molar-refractivity contribution in [1.29, 1.82) is 0 Å². The van der Waals surface area contributed by atoms with Crippen molar-refractivity contribution in [3.05, 3.63) is 58.6 Å². The number of halogens is 1. The summed E-state index contributed by atoms with van der Waals surface area (Å²) in [4.78, 5) is 1.39. The predicted octanol–water partition coefficient (Wildman–Crippen LogP) is 5.55. The highest BCUT2D eigenvalue weighted by Gasteiger charge is 2.27. The van der Waals surface area contributed by atoms with E-state index in [1.165, 1.54) is 34.6 Å². The predicted molar refractivity (Wildman–Crippen MR) is 89.0 cm³/mol. The smallest absolute Gasteiger partial charge is 0.0478 e. The minimum absolute atomic E-state index is 0.761. The van der Waals surface area contributed by atoms with Crippen LogP contribution in [0.1, 0.15) is 29.9 Å². The van der Waals surface area contributed by atoms with E-state index in [4.69, 9.17) is 11.6 Å². The Bertz CT molecular complexity index is 608. The quantitative estimate of drug-likeness (QED) is 0.727. The molecule has 2 aromatic carbocycles. The van der Waals surface area contributed by atoms with Gasteiger partial charge in [-0.15, -0.1) is 11.8 Å². The van der Waals surface area contributed by atoms with Crippen molar-refractivity contribution in [3.8, 4) is 0 Å². The van der Waals surface area contributed by atoms with Crippen LogP contribution in [0.3, 0.4) is 0 Å². The number of thioether (sulfide) groups is 1. The molecule has 0 aromatic heterocycles. The molecule has 0 spiro atoms. The van der Waals surface area contributed by atoms with E-state index in [1.54, 1.807) is 0 Å². The second-order valence-corrected chi connectivity index (χ2v) is 6.52. The van der Waals surface area contributed by atoms with Crippen LogP contribution < -0.4 is 5.32 Å². The van der Waals surface area contributed by atoms with E-state index in [1.807, 2.05) is 37.0 Å². The Labute approximate surface area is 129 Å². The van der Waals surface area contributed by atoms with Crippen LogP contribution in [-0.4, -0.2) is 7.05 Å². The number of hydrogen-bond donors (Lipinski definition) is 1. The summed E-state index contributed by atoms with van der Waals surface area (Å²) >= 11 is 8.14. The molecule has 1 saturated carbocycles. The second-order valence-electron chi connectivity index (χ2n) is 5.13. The Balaban J connectivity index is 1.84. The number of rotatable bonds is 5. The Hall–Kier alpha value is -1.12. The van der Waals surface area contributed by atoms with Crippen LogP contribution in [0.2, 0.25) is 5.02 Å². The highest BCUT2D eigenvalue weighted by atomic mass is 35.5. The van der Waals surface area contributed by atoms with E-state index in [2.05, 4.69) is 29.6 Å². The molecule has 1 N–H and O–H groups in total. The van der Waals surface area contributed by atoms with E-state index < -0.39 is 0 Å². The van der Waals surface area contributed by atoms with Crippen LogP contribution in [0.4, 0.5) is 5.69 Å². The van der Waals surface area contributed by atoms with Gasteiger partial charge in [0.1, 0.15) is 0 Å². The lowest BCUT2D eigenvalue weighted by Crippen LogP contribution is -1.95. The van der Waals surface area contributed by atoms with Crippen molar-refractivity contribution >= 4 is 29.1 Å². The zero-order valence-electron chi connectivity index (χ0n) is 11.5. The molecule has 1 nitrogen and oxygen atoms in total. The molecule has 0 bridgehead atoms. The molecule has 3 heteroatoms. The lowest BCUT2D eigenvalue weighted by Gasteiger charge is -2.14. The first-order chi connectivity index (χ1) is 9.79. The maximum atomic E-state index is 6.25. The molecule has 0 heterocycles.